The van der Waals surface area contributed by atoms with E-state index in [1.54, 1.807) is 42.5 Å². The van der Waals surface area contributed by atoms with Crippen LogP contribution < -0.4 is 0 Å². The van der Waals surface area contributed by atoms with E-state index in [2.05, 4.69) is 0 Å². The Morgan fingerprint density at radius 1 is 0.276 bits per heavy atom. The lowest BCUT2D eigenvalue weighted by molar-refractivity contribution is 0.347. The molecule has 0 unspecified atom stereocenters. The molecular formula is C42H26O16. The second-order valence-electron chi connectivity index (χ2n) is 13.5. The van der Waals surface area contributed by atoms with Crippen molar-refractivity contribution in [2.45, 2.75) is 0 Å². The van der Waals surface area contributed by atoms with Gasteiger partial charge in [0.1, 0.15) is 11.2 Å². The molecule has 0 aliphatic heterocycles. The van der Waals surface area contributed by atoms with Crippen LogP contribution in [0.5, 0.6) is 86.2 Å². The number of phenolic OH excluding ortho intramolecular Hbond substituents is 15. The summed E-state index contributed by atoms with van der Waals surface area (Å²) in [5, 5.41) is 163. The van der Waals surface area contributed by atoms with Crippen molar-refractivity contribution >= 4 is 54.3 Å². The van der Waals surface area contributed by atoms with Crippen LogP contribution in [0.2, 0.25) is 0 Å². The standard InChI is InChI=1S/C42H26O16/c43-28-21-18(13-6-3-5-12(11-13)14-8-4-10-17-19(14)15-7-1-2-9-16(15)58-17)22-24(32(47)40(55)38(53)29(22)44)20(23(21)31(46)39(54)37(28)52)25-26-27(34(49)36(51)30(25)45)35(50)42(57)41(56)33(26)48/h1-11,43-57H. The van der Waals surface area contributed by atoms with Crippen molar-refractivity contribution in [1.29, 1.82) is 0 Å². The number of benzene rings is 8. The van der Waals surface area contributed by atoms with Gasteiger partial charge in [0.25, 0.3) is 0 Å². The molecule has 0 amide bonds. The minimum Gasteiger partial charge on any atom is -0.504 e. The number of fused-ring (bicyclic) bond motifs is 6. The molecule has 0 atom stereocenters. The van der Waals surface area contributed by atoms with Crippen LogP contribution in [0.4, 0.5) is 0 Å². The molecule has 15 N–H and O–H groups in total. The van der Waals surface area contributed by atoms with Crippen LogP contribution in [0, 0.1) is 0 Å². The molecular weight excluding hydrogens is 760 g/mol. The minimum absolute atomic E-state index is 0.00845. The van der Waals surface area contributed by atoms with Gasteiger partial charge >= 0.3 is 0 Å². The van der Waals surface area contributed by atoms with Gasteiger partial charge in [0, 0.05) is 54.4 Å². The highest BCUT2D eigenvalue weighted by atomic mass is 16.4. The number of hydrogen-bond acceptors (Lipinski definition) is 16. The maximum atomic E-state index is 11.7. The van der Waals surface area contributed by atoms with Crippen molar-refractivity contribution in [3.63, 3.8) is 0 Å². The van der Waals surface area contributed by atoms with Gasteiger partial charge < -0.3 is 81.0 Å². The highest BCUT2D eigenvalue weighted by Crippen LogP contribution is 2.66. The molecule has 0 saturated heterocycles. The monoisotopic (exact) mass is 786 g/mol. The third kappa shape index (κ3) is 4.27. The molecule has 9 aromatic rings. The van der Waals surface area contributed by atoms with Crippen LogP contribution in [-0.2, 0) is 0 Å². The number of phenols is 15. The normalized spacial score (nSPS) is 11.8. The Kier molecular flexibility index (Phi) is 7.06. The summed E-state index contributed by atoms with van der Waals surface area (Å²) in [5.41, 5.74) is -0.207. The molecule has 0 aliphatic carbocycles. The van der Waals surface area contributed by atoms with E-state index in [9.17, 15) is 76.6 Å². The largest absolute Gasteiger partial charge is 0.504 e. The Balaban J connectivity index is 1.55. The summed E-state index contributed by atoms with van der Waals surface area (Å²) in [4.78, 5) is 0. The highest BCUT2D eigenvalue weighted by Gasteiger charge is 2.37. The smallest absolute Gasteiger partial charge is 0.205 e. The number of aromatic hydroxyl groups is 15. The molecule has 16 nitrogen and oxygen atoms in total. The summed E-state index contributed by atoms with van der Waals surface area (Å²) in [6, 6.07) is 18.7. The van der Waals surface area contributed by atoms with E-state index in [0.717, 1.165) is 5.39 Å². The summed E-state index contributed by atoms with van der Waals surface area (Å²) >= 11 is 0. The van der Waals surface area contributed by atoms with Gasteiger partial charge in [-0.15, -0.1) is 0 Å². The van der Waals surface area contributed by atoms with Crippen molar-refractivity contribution in [1.82, 2.24) is 0 Å². The van der Waals surface area contributed by atoms with Crippen molar-refractivity contribution < 1.29 is 81.0 Å². The second-order valence-corrected chi connectivity index (χ2v) is 13.5. The maximum Gasteiger partial charge on any atom is 0.205 e. The van der Waals surface area contributed by atoms with Crippen molar-refractivity contribution in [3.05, 3.63) is 66.7 Å². The molecule has 8 aromatic carbocycles. The van der Waals surface area contributed by atoms with Crippen LogP contribution in [0.1, 0.15) is 0 Å². The van der Waals surface area contributed by atoms with E-state index in [1.807, 2.05) is 12.1 Å². The average molecular weight is 787 g/mol. The van der Waals surface area contributed by atoms with Gasteiger partial charge in [-0.2, -0.15) is 0 Å². The predicted octanol–water partition coefficient (Wildman–Crippen LogP) is 7.63. The molecule has 0 fully saturated rings. The quantitative estimate of drug-likeness (QED) is 0.0465. The maximum absolute atomic E-state index is 11.7. The Labute approximate surface area is 321 Å². The molecule has 58 heavy (non-hydrogen) atoms. The van der Waals surface area contributed by atoms with Crippen LogP contribution in [0.25, 0.3) is 87.6 Å². The van der Waals surface area contributed by atoms with Crippen molar-refractivity contribution in [3.8, 4) is 120 Å². The lowest BCUT2D eigenvalue weighted by atomic mass is 9.81. The topological polar surface area (TPSA) is 317 Å². The lowest BCUT2D eigenvalue weighted by Gasteiger charge is -2.24. The van der Waals surface area contributed by atoms with E-state index in [4.69, 9.17) is 4.42 Å². The van der Waals surface area contributed by atoms with E-state index in [1.165, 1.54) is 12.1 Å². The second kappa shape index (κ2) is 11.7. The Hall–Kier alpha value is -8.66. The molecule has 1 heterocycles. The highest BCUT2D eigenvalue weighted by molar-refractivity contribution is 6.32. The average Bonchev–Trinajstić information content (AvgIpc) is 3.62. The summed E-state index contributed by atoms with van der Waals surface area (Å²) in [6.45, 7) is 0. The Morgan fingerprint density at radius 3 is 1.21 bits per heavy atom. The van der Waals surface area contributed by atoms with E-state index in [-0.39, 0.29) is 5.56 Å². The predicted molar refractivity (Wildman–Crippen MR) is 208 cm³/mol. The fraction of sp³-hybridized carbons (Fsp3) is 0. The molecule has 1 aromatic heterocycles. The van der Waals surface area contributed by atoms with E-state index >= 15 is 0 Å². The van der Waals surface area contributed by atoms with Crippen LogP contribution >= 0.6 is 0 Å². The van der Waals surface area contributed by atoms with E-state index in [0.29, 0.717) is 27.7 Å². The summed E-state index contributed by atoms with van der Waals surface area (Å²) < 4.78 is 6.05. The third-order valence-corrected chi connectivity index (χ3v) is 10.5. The van der Waals surface area contributed by atoms with Crippen LogP contribution in [0.3, 0.4) is 0 Å². The molecule has 0 radical (unpaired) electrons. The van der Waals surface area contributed by atoms with Gasteiger partial charge in [-0.05, 0) is 34.9 Å². The van der Waals surface area contributed by atoms with Gasteiger partial charge in [0.2, 0.25) is 40.2 Å². The first kappa shape index (κ1) is 35.1. The molecule has 16 heteroatoms. The summed E-state index contributed by atoms with van der Waals surface area (Å²) in [5.74, 6) is -20.5. The number of para-hydroxylation sites is 1. The zero-order valence-corrected chi connectivity index (χ0v) is 29.0. The fourth-order valence-electron chi connectivity index (χ4n) is 7.90. The number of furan rings is 1. The minimum atomic E-state index is -1.47. The SMILES string of the molecule is Oc1c(O)c(O)c2c(-c3c4c(O)c(O)c(O)c(O)c4c(-c4cccc(-c5cccc6oc7ccccc7c56)c4)c4c(O)c(O)c(O)c(O)c34)c(O)c(O)c(O)c2c1O. The molecule has 0 bridgehead atoms. The number of hydrogen-bond donors (Lipinski definition) is 15. The van der Waals surface area contributed by atoms with Crippen molar-refractivity contribution in [2.75, 3.05) is 0 Å². The molecule has 9 rings (SSSR count). The Morgan fingerprint density at radius 2 is 0.672 bits per heavy atom. The third-order valence-electron chi connectivity index (χ3n) is 10.5. The van der Waals surface area contributed by atoms with Gasteiger partial charge in [-0.25, -0.2) is 0 Å². The summed E-state index contributed by atoms with van der Waals surface area (Å²) in [6.07, 6.45) is 0. The zero-order chi connectivity index (χ0) is 41.4. The lowest BCUT2D eigenvalue weighted by Crippen LogP contribution is -1.96. The molecule has 0 spiro atoms. The van der Waals surface area contributed by atoms with Gasteiger partial charge in [-0.3, -0.25) is 0 Å². The van der Waals surface area contributed by atoms with Crippen molar-refractivity contribution in [2.24, 2.45) is 0 Å². The van der Waals surface area contributed by atoms with Gasteiger partial charge in [0.05, 0.1) is 5.39 Å². The Bertz CT molecular complexity index is 3260. The van der Waals surface area contributed by atoms with Gasteiger partial charge in [0.15, 0.2) is 46.0 Å². The summed E-state index contributed by atoms with van der Waals surface area (Å²) in [7, 11) is 0. The van der Waals surface area contributed by atoms with E-state index < -0.39 is 135 Å². The zero-order valence-electron chi connectivity index (χ0n) is 29.0. The fourth-order valence-corrected chi connectivity index (χ4v) is 7.90. The van der Waals surface area contributed by atoms with Crippen LogP contribution in [-0.4, -0.2) is 76.6 Å². The van der Waals surface area contributed by atoms with Gasteiger partial charge in [-0.1, -0.05) is 48.5 Å². The van der Waals surface area contributed by atoms with Crippen LogP contribution in [0.15, 0.2) is 71.1 Å². The molecule has 290 valence electrons. The first-order valence-corrected chi connectivity index (χ1v) is 16.9. The number of rotatable bonds is 3. The first-order valence-electron chi connectivity index (χ1n) is 16.9. The first-order chi connectivity index (χ1) is 27.6. The molecule has 0 aliphatic rings. The molecule has 0 saturated carbocycles.